The first-order valence-corrected chi connectivity index (χ1v) is 8.18. The molecule has 1 nitrogen and oxygen atoms in total. The van der Waals surface area contributed by atoms with Crippen molar-refractivity contribution in [3.8, 4) is 0 Å². The third-order valence-corrected chi connectivity index (χ3v) is 4.63. The van der Waals surface area contributed by atoms with Gasteiger partial charge in [-0.05, 0) is 36.2 Å². The Bertz CT molecular complexity index is 601. The summed E-state index contributed by atoms with van der Waals surface area (Å²) in [6, 6.07) is 12.6. The van der Waals surface area contributed by atoms with Crippen LogP contribution in [0.3, 0.4) is 0 Å². The smallest absolute Gasteiger partial charge is 0.137 e. The van der Waals surface area contributed by atoms with E-state index in [9.17, 15) is 4.39 Å². The van der Waals surface area contributed by atoms with Gasteiger partial charge in [0.2, 0.25) is 0 Å². The molecule has 0 radical (unpaired) electrons. The zero-order valence-electron chi connectivity index (χ0n) is 12.2. The molecular formula is C17H19ClFNS. The number of benzene rings is 2. The molecule has 0 spiro atoms. The van der Waals surface area contributed by atoms with E-state index in [1.165, 1.54) is 17.8 Å². The van der Waals surface area contributed by atoms with Gasteiger partial charge >= 0.3 is 0 Å². The fourth-order valence-corrected chi connectivity index (χ4v) is 3.22. The molecule has 2 aromatic rings. The highest BCUT2D eigenvalue weighted by Crippen LogP contribution is 2.37. The van der Waals surface area contributed by atoms with Crippen molar-refractivity contribution in [1.82, 2.24) is 5.32 Å². The summed E-state index contributed by atoms with van der Waals surface area (Å²) in [5.74, 6) is 0.371. The van der Waals surface area contributed by atoms with Gasteiger partial charge in [-0.3, -0.25) is 0 Å². The lowest BCUT2D eigenvalue weighted by atomic mass is 10.2. The summed E-state index contributed by atoms with van der Waals surface area (Å²) in [6.07, 6.45) is 0. The van der Waals surface area contributed by atoms with Crippen molar-refractivity contribution in [3.05, 3.63) is 58.9 Å². The van der Waals surface area contributed by atoms with Crippen molar-refractivity contribution in [2.75, 3.05) is 6.54 Å². The van der Waals surface area contributed by atoms with Crippen LogP contribution in [-0.4, -0.2) is 6.54 Å². The van der Waals surface area contributed by atoms with Crippen LogP contribution in [0.1, 0.15) is 19.4 Å². The van der Waals surface area contributed by atoms with Gasteiger partial charge in [0, 0.05) is 16.3 Å². The molecule has 0 aliphatic rings. The average molecular weight is 324 g/mol. The highest BCUT2D eigenvalue weighted by molar-refractivity contribution is 7.99. The first-order chi connectivity index (χ1) is 10.1. The third kappa shape index (κ3) is 4.73. The predicted molar refractivity (Wildman–Crippen MR) is 88.5 cm³/mol. The Kier molecular flexibility index (Phi) is 6.09. The topological polar surface area (TPSA) is 12.0 Å². The molecule has 0 aliphatic carbocycles. The Morgan fingerprint density at radius 1 is 1.14 bits per heavy atom. The SMILES string of the molecule is CC(C)CNCc1cccc(Cl)c1Sc1ccccc1F. The molecule has 0 atom stereocenters. The molecule has 0 saturated heterocycles. The minimum Gasteiger partial charge on any atom is -0.312 e. The van der Waals surface area contributed by atoms with E-state index < -0.39 is 0 Å². The van der Waals surface area contributed by atoms with Crippen molar-refractivity contribution in [2.45, 2.75) is 30.2 Å². The highest BCUT2D eigenvalue weighted by atomic mass is 35.5. The molecule has 4 heteroatoms. The average Bonchev–Trinajstić information content (AvgIpc) is 2.44. The van der Waals surface area contributed by atoms with Gasteiger partial charge < -0.3 is 5.32 Å². The lowest BCUT2D eigenvalue weighted by Crippen LogP contribution is -2.19. The van der Waals surface area contributed by atoms with E-state index in [0.29, 0.717) is 15.8 Å². The van der Waals surface area contributed by atoms with Gasteiger partial charge in [0.25, 0.3) is 0 Å². The van der Waals surface area contributed by atoms with Crippen LogP contribution in [-0.2, 0) is 6.54 Å². The van der Waals surface area contributed by atoms with E-state index in [0.717, 1.165) is 23.5 Å². The Morgan fingerprint density at radius 3 is 2.62 bits per heavy atom. The molecule has 2 aromatic carbocycles. The molecule has 0 fully saturated rings. The molecule has 0 unspecified atom stereocenters. The molecule has 0 bridgehead atoms. The van der Waals surface area contributed by atoms with Crippen LogP contribution >= 0.6 is 23.4 Å². The largest absolute Gasteiger partial charge is 0.312 e. The monoisotopic (exact) mass is 323 g/mol. The summed E-state index contributed by atoms with van der Waals surface area (Å²) in [7, 11) is 0. The van der Waals surface area contributed by atoms with Crippen LogP contribution in [0, 0.1) is 11.7 Å². The second-order valence-corrected chi connectivity index (χ2v) is 6.74. The minimum absolute atomic E-state index is 0.219. The van der Waals surface area contributed by atoms with Gasteiger partial charge in [-0.15, -0.1) is 0 Å². The molecule has 0 aliphatic heterocycles. The maximum Gasteiger partial charge on any atom is 0.137 e. The first-order valence-electron chi connectivity index (χ1n) is 6.98. The van der Waals surface area contributed by atoms with Gasteiger partial charge in [-0.1, -0.05) is 61.5 Å². The van der Waals surface area contributed by atoms with E-state index >= 15 is 0 Å². The molecular weight excluding hydrogens is 305 g/mol. The third-order valence-electron chi connectivity index (χ3n) is 2.97. The van der Waals surface area contributed by atoms with Crippen LogP contribution in [0.15, 0.2) is 52.3 Å². The molecule has 21 heavy (non-hydrogen) atoms. The Hall–Kier alpha value is -1.03. The van der Waals surface area contributed by atoms with Crippen molar-refractivity contribution in [2.24, 2.45) is 5.92 Å². The zero-order chi connectivity index (χ0) is 15.2. The maximum absolute atomic E-state index is 13.8. The first kappa shape index (κ1) is 16.3. The van der Waals surface area contributed by atoms with E-state index in [1.54, 1.807) is 12.1 Å². The summed E-state index contributed by atoms with van der Waals surface area (Å²) >= 11 is 7.68. The van der Waals surface area contributed by atoms with Crippen LogP contribution in [0.4, 0.5) is 4.39 Å². The highest BCUT2D eigenvalue weighted by Gasteiger charge is 2.11. The van der Waals surface area contributed by atoms with Crippen molar-refractivity contribution < 1.29 is 4.39 Å². The fourth-order valence-electron chi connectivity index (χ4n) is 1.94. The second-order valence-electron chi connectivity index (χ2n) is 5.29. The summed E-state index contributed by atoms with van der Waals surface area (Å²) in [4.78, 5) is 1.51. The Balaban J connectivity index is 2.20. The Labute approximate surface area is 134 Å². The van der Waals surface area contributed by atoms with Crippen LogP contribution < -0.4 is 5.32 Å². The molecule has 1 N–H and O–H groups in total. The van der Waals surface area contributed by atoms with E-state index in [1.807, 2.05) is 24.3 Å². The maximum atomic E-state index is 13.8. The van der Waals surface area contributed by atoms with Gasteiger partial charge in [-0.2, -0.15) is 0 Å². The van der Waals surface area contributed by atoms with Crippen LogP contribution in [0.25, 0.3) is 0 Å². The lowest BCUT2D eigenvalue weighted by molar-refractivity contribution is 0.550. The number of hydrogen-bond donors (Lipinski definition) is 1. The van der Waals surface area contributed by atoms with Crippen molar-refractivity contribution in [1.29, 1.82) is 0 Å². The summed E-state index contributed by atoms with van der Waals surface area (Å²) < 4.78 is 13.8. The number of hydrogen-bond acceptors (Lipinski definition) is 2. The number of nitrogens with one attached hydrogen (secondary N) is 1. The quantitative estimate of drug-likeness (QED) is 0.766. The van der Waals surface area contributed by atoms with Gasteiger partial charge in [0.1, 0.15) is 5.82 Å². The summed E-state index contributed by atoms with van der Waals surface area (Å²) in [6.45, 7) is 6.01. The molecule has 2 rings (SSSR count). The lowest BCUT2D eigenvalue weighted by Gasteiger charge is -2.13. The minimum atomic E-state index is -0.219. The second kappa shape index (κ2) is 7.83. The molecule has 0 saturated carbocycles. The Morgan fingerprint density at radius 2 is 1.90 bits per heavy atom. The standard InChI is InChI=1S/C17H19ClFNS/c1-12(2)10-20-11-13-6-5-7-14(18)17(13)21-16-9-4-3-8-15(16)19/h3-9,12,20H,10-11H2,1-2H3. The van der Waals surface area contributed by atoms with E-state index in [4.69, 9.17) is 11.6 Å². The van der Waals surface area contributed by atoms with E-state index in [2.05, 4.69) is 19.2 Å². The number of halogens is 2. The predicted octanol–water partition coefficient (Wildman–Crippen LogP) is 5.38. The molecule has 0 amide bonds. The molecule has 0 aromatic heterocycles. The van der Waals surface area contributed by atoms with Gasteiger partial charge in [0.05, 0.1) is 5.02 Å². The summed E-state index contributed by atoms with van der Waals surface area (Å²) in [5.41, 5.74) is 1.09. The summed E-state index contributed by atoms with van der Waals surface area (Å²) in [5, 5.41) is 4.06. The fraction of sp³-hybridized carbons (Fsp3) is 0.294. The van der Waals surface area contributed by atoms with Crippen molar-refractivity contribution >= 4 is 23.4 Å². The van der Waals surface area contributed by atoms with Crippen LogP contribution in [0.5, 0.6) is 0 Å². The van der Waals surface area contributed by atoms with Crippen LogP contribution in [0.2, 0.25) is 5.02 Å². The van der Waals surface area contributed by atoms with E-state index in [-0.39, 0.29) is 5.82 Å². The normalized spacial score (nSPS) is 11.1. The zero-order valence-corrected chi connectivity index (χ0v) is 13.8. The molecule has 112 valence electrons. The number of rotatable bonds is 6. The van der Waals surface area contributed by atoms with Gasteiger partial charge in [0.15, 0.2) is 0 Å². The molecule has 0 heterocycles. The van der Waals surface area contributed by atoms with Crippen molar-refractivity contribution in [3.63, 3.8) is 0 Å². The van der Waals surface area contributed by atoms with Gasteiger partial charge in [-0.25, -0.2) is 4.39 Å².